The van der Waals surface area contributed by atoms with E-state index in [0.717, 1.165) is 0 Å². The molecule has 1 heterocycles. The van der Waals surface area contributed by atoms with Gasteiger partial charge in [-0.3, -0.25) is 0 Å². The minimum absolute atomic E-state index is 0.0853. The van der Waals surface area contributed by atoms with Gasteiger partial charge >= 0.3 is 7.12 Å². The summed E-state index contributed by atoms with van der Waals surface area (Å²) in [5.74, 6) is 0. The summed E-state index contributed by atoms with van der Waals surface area (Å²) >= 11 is 0. The molecule has 0 amide bonds. The SMILES string of the molecule is [C-]#[N+]c1ccc2oc(B(O)O)cc2c1. The van der Waals surface area contributed by atoms with Crippen LogP contribution in [0.3, 0.4) is 0 Å². The maximum absolute atomic E-state index is 8.85. The third-order valence-electron chi connectivity index (χ3n) is 1.90. The lowest BCUT2D eigenvalue weighted by Crippen LogP contribution is -2.27. The number of nitrogens with zero attached hydrogens (tertiary/aromatic N) is 1. The van der Waals surface area contributed by atoms with Gasteiger partial charge in [-0.2, -0.15) is 0 Å². The van der Waals surface area contributed by atoms with Crippen molar-refractivity contribution in [3.8, 4) is 0 Å². The smallest absolute Gasteiger partial charge is 0.465 e. The second-order valence-corrected chi connectivity index (χ2v) is 2.86. The van der Waals surface area contributed by atoms with Gasteiger partial charge in [0, 0.05) is 5.39 Å². The van der Waals surface area contributed by atoms with E-state index in [1.807, 2.05) is 0 Å². The summed E-state index contributed by atoms with van der Waals surface area (Å²) in [6.07, 6.45) is 0. The highest BCUT2D eigenvalue weighted by Gasteiger charge is 2.16. The zero-order valence-corrected chi connectivity index (χ0v) is 7.14. The average molecular weight is 187 g/mol. The fraction of sp³-hybridized carbons (Fsp3) is 0. The van der Waals surface area contributed by atoms with Gasteiger partial charge < -0.3 is 14.5 Å². The molecule has 0 aliphatic heterocycles. The standard InChI is InChI=1S/C9H6BNO3/c1-11-7-2-3-8-6(4-7)5-9(14-8)10(12)13/h2-5,12-13H. The molecule has 0 radical (unpaired) electrons. The van der Waals surface area contributed by atoms with Crippen molar-refractivity contribution in [2.24, 2.45) is 0 Å². The van der Waals surface area contributed by atoms with Gasteiger partial charge in [0.15, 0.2) is 5.69 Å². The highest BCUT2D eigenvalue weighted by atomic mass is 16.4. The maximum atomic E-state index is 8.85. The van der Waals surface area contributed by atoms with E-state index in [9.17, 15) is 0 Å². The van der Waals surface area contributed by atoms with Crippen molar-refractivity contribution < 1.29 is 14.5 Å². The molecule has 0 aliphatic carbocycles. The van der Waals surface area contributed by atoms with Crippen LogP contribution in [0.1, 0.15) is 0 Å². The van der Waals surface area contributed by atoms with Crippen molar-refractivity contribution in [2.45, 2.75) is 0 Å². The van der Waals surface area contributed by atoms with Crippen LogP contribution in [0, 0.1) is 6.57 Å². The molecule has 2 N–H and O–H groups in total. The molecule has 0 fully saturated rings. The first-order valence-electron chi connectivity index (χ1n) is 3.98. The van der Waals surface area contributed by atoms with Crippen LogP contribution in [-0.4, -0.2) is 17.2 Å². The molecule has 5 heteroatoms. The van der Waals surface area contributed by atoms with E-state index < -0.39 is 7.12 Å². The normalized spacial score (nSPS) is 10.1. The summed E-state index contributed by atoms with van der Waals surface area (Å²) in [5, 5.41) is 18.4. The monoisotopic (exact) mass is 187 g/mol. The van der Waals surface area contributed by atoms with Crippen LogP contribution in [-0.2, 0) is 0 Å². The van der Waals surface area contributed by atoms with Gasteiger partial charge in [-0.05, 0) is 18.2 Å². The van der Waals surface area contributed by atoms with Crippen molar-refractivity contribution in [1.29, 1.82) is 0 Å². The lowest BCUT2D eigenvalue weighted by Gasteiger charge is -1.89. The molecule has 2 aromatic rings. The molecule has 0 atom stereocenters. The Morgan fingerprint density at radius 1 is 1.29 bits per heavy atom. The van der Waals surface area contributed by atoms with Crippen molar-refractivity contribution in [1.82, 2.24) is 0 Å². The van der Waals surface area contributed by atoms with E-state index in [1.165, 1.54) is 6.07 Å². The Balaban J connectivity index is 2.61. The van der Waals surface area contributed by atoms with E-state index in [-0.39, 0.29) is 5.66 Å². The lowest BCUT2D eigenvalue weighted by atomic mass is 9.88. The molecule has 14 heavy (non-hydrogen) atoms. The summed E-state index contributed by atoms with van der Waals surface area (Å²) < 4.78 is 5.13. The Bertz CT molecular complexity index is 512. The Morgan fingerprint density at radius 2 is 2.07 bits per heavy atom. The quantitative estimate of drug-likeness (QED) is 0.509. The number of furan rings is 1. The number of hydrogen-bond acceptors (Lipinski definition) is 3. The highest BCUT2D eigenvalue weighted by molar-refractivity contribution is 6.57. The van der Waals surface area contributed by atoms with Gasteiger partial charge in [0.2, 0.25) is 0 Å². The first-order chi connectivity index (χ1) is 6.70. The van der Waals surface area contributed by atoms with Gasteiger partial charge in [0.1, 0.15) is 11.2 Å². The van der Waals surface area contributed by atoms with Crippen LogP contribution in [0.15, 0.2) is 28.7 Å². The van der Waals surface area contributed by atoms with Crippen LogP contribution in [0.4, 0.5) is 5.69 Å². The Kier molecular flexibility index (Phi) is 2.00. The molecule has 68 valence electrons. The van der Waals surface area contributed by atoms with Crippen LogP contribution in [0.25, 0.3) is 15.8 Å². The second kappa shape index (κ2) is 3.18. The topological polar surface area (TPSA) is 58.0 Å². The maximum Gasteiger partial charge on any atom is 0.526 e. The number of benzene rings is 1. The third kappa shape index (κ3) is 1.37. The molecule has 0 unspecified atom stereocenters. The Morgan fingerprint density at radius 3 is 2.71 bits per heavy atom. The van der Waals surface area contributed by atoms with E-state index in [4.69, 9.17) is 21.0 Å². The van der Waals surface area contributed by atoms with Crippen molar-refractivity contribution in [2.75, 3.05) is 0 Å². The fourth-order valence-corrected chi connectivity index (χ4v) is 1.25. The first-order valence-corrected chi connectivity index (χ1v) is 3.98. The van der Waals surface area contributed by atoms with Crippen molar-refractivity contribution in [3.63, 3.8) is 0 Å². The van der Waals surface area contributed by atoms with Crippen LogP contribution >= 0.6 is 0 Å². The number of fused-ring (bicyclic) bond motifs is 1. The molecular formula is C9H6BNO3. The summed E-state index contributed by atoms with van der Waals surface area (Å²) in [4.78, 5) is 3.26. The fourth-order valence-electron chi connectivity index (χ4n) is 1.25. The molecular weight excluding hydrogens is 181 g/mol. The Labute approximate surface area is 80.4 Å². The third-order valence-corrected chi connectivity index (χ3v) is 1.90. The molecule has 2 rings (SSSR count). The molecule has 0 bridgehead atoms. The summed E-state index contributed by atoms with van der Waals surface area (Å²) in [6.45, 7) is 6.81. The van der Waals surface area contributed by atoms with Gasteiger partial charge in [-0.15, -0.1) is 0 Å². The predicted octanol–water partition coefficient (Wildman–Crippen LogP) is 0.663. The lowest BCUT2D eigenvalue weighted by molar-refractivity contribution is 0.412. The van der Waals surface area contributed by atoms with E-state index in [2.05, 4.69) is 4.85 Å². The Hall–Kier alpha value is -1.77. The molecule has 1 aromatic carbocycles. The van der Waals surface area contributed by atoms with E-state index in [1.54, 1.807) is 18.2 Å². The summed E-state index contributed by atoms with van der Waals surface area (Å²) in [6, 6.07) is 6.40. The first kappa shape index (κ1) is 8.82. The highest BCUT2D eigenvalue weighted by Crippen LogP contribution is 2.21. The zero-order chi connectivity index (χ0) is 10.1. The average Bonchev–Trinajstić information content (AvgIpc) is 2.59. The molecule has 0 saturated heterocycles. The van der Waals surface area contributed by atoms with Crippen LogP contribution in [0.5, 0.6) is 0 Å². The largest absolute Gasteiger partial charge is 0.526 e. The molecule has 0 spiro atoms. The van der Waals surface area contributed by atoms with Crippen molar-refractivity contribution in [3.05, 3.63) is 35.7 Å². The minimum Gasteiger partial charge on any atom is -0.465 e. The number of rotatable bonds is 1. The summed E-state index contributed by atoms with van der Waals surface area (Å²) in [7, 11) is -1.61. The van der Waals surface area contributed by atoms with Crippen molar-refractivity contribution >= 4 is 29.4 Å². The molecule has 4 nitrogen and oxygen atoms in total. The second-order valence-electron chi connectivity index (χ2n) is 2.86. The zero-order valence-electron chi connectivity index (χ0n) is 7.14. The number of hydrogen-bond donors (Lipinski definition) is 2. The van der Waals surface area contributed by atoms with Crippen LogP contribution in [0.2, 0.25) is 0 Å². The van der Waals surface area contributed by atoms with Crippen LogP contribution < -0.4 is 5.66 Å². The van der Waals surface area contributed by atoms with E-state index >= 15 is 0 Å². The van der Waals surface area contributed by atoms with Gasteiger partial charge in [-0.25, -0.2) is 4.85 Å². The van der Waals surface area contributed by atoms with Gasteiger partial charge in [0.25, 0.3) is 0 Å². The predicted molar refractivity (Wildman–Crippen MR) is 52.3 cm³/mol. The van der Waals surface area contributed by atoms with Gasteiger partial charge in [0.05, 0.1) is 6.57 Å². The van der Waals surface area contributed by atoms with Gasteiger partial charge in [-0.1, -0.05) is 6.07 Å². The summed E-state index contributed by atoms with van der Waals surface area (Å²) in [5.41, 5.74) is 1.12. The molecule has 0 aliphatic rings. The molecule has 0 saturated carbocycles. The van der Waals surface area contributed by atoms with E-state index in [0.29, 0.717) is 16.7 Å². The molecule has 1 aromatic heterocycles. The minimum atomic E-state index is -1.61.